The summed E-state index contributed by atoms with van der Waals surface area (Å²) in [6.07, 6.45) is 0. The Balaban J connectivity index is 1.94. The lowest BCUT2D eigenvalue weighted by atomic mass is 10.2. The van der Waals surface area contributed by atoms with E-state index >= 15 is 0 Å². The van der Waals surface area contributed by atoms with E-state index in [1.54, 1.807) is 4.90 Å². The van der Waals surface area contributed by atoms with Crippen molar-refractivity contribution in [3.8, 4) is 0 Å². The molecule has 1 saturated heterocycles. The molecular formula is C13H16BrClN2O2. The number of hydrogen-bond donors (Lipinski definition) is 1. The van der Waals surface area contributed by atoms with Gasteiger partial charge >= 0.3 is 0 Å². The van der Waals surface area contributed by atoms with Crippen LogP contribution in [0.3, 0.4) is 0 Å². The van der Waals surface area contributed by atoms with E-state index < -0.39 is 0 Å². The SMILES string of the molecule is Cc1cc(Br)c(NCC(=O)N2CCOCC2)cc1Cl. The minimum Gasteiger partial charge on any atom is -0.378 e. The maximum Gasteiger partial charge on any atom is 0.242 e. The molecule has 1 fully saturated rings. The van der Waals surface area contributed by atoms with Gasteiger partial charge in [0.05, 0.1) is 25.4 Å². The van der Waals surface area contributed by atoms with Gasteiger partial charge in [-0.3, -0.25) is 4.79 Å². The molecule has 0 spiro atoms. The summed E-state index contributed by atoms with van der Waals surface area (Å²) in [6, 6.07) is 3.76. The van der Waals surface area contributed by atoms with Crippen LogP contribution in [-0.2, 0) is 9.53 Å². The highest BCUT2D eigenvalue weighted by molar-refractivity contribution is 9.10. The minimum absolute atomic E-state index is 0.0758. The normalized spacial score (nSPS) is 15.4. The highest BCUT2D eigenvalue weighted by Gasteiger charge is 2.16. The summed E-state index contributed by atoms with van der Waals surface area (Å²) < 4.78 is 6.13. The zero-order chi connectivity index (χ0) is 13.8. The summed E-state index contributed by atoms with van der Waals surface area (Å²) in [5.41, 5.74) is 1.83. The number of aryl methyl sites for hydroxylation is 1. The van der Waals surface area contributed by atoms with Crippen molar-refractivity contribution in [1.82, 2.24) is 4.90 Å². The predicted molar refractivity (Wildman–Crippen MR) is 79.8 cm³/mol. The summed E-state index contributed by atoms with van der Waals surface area (Å²) >= 11 is 9.54. The number of carbonyl (C=O) groups is 1. The first-order valence-electron chi connectivity index (χ1n) is 6.13. The summed E-state index contributed by atoms with van der Waals surface area (Å²) in [4.78, 5) is 13.8. The molecule has 4 nitrogen and oxygen atoms in total. The molecule has 19 heavy (non-hydrogen) atoms. The number of nitrogens with zero attached hydrogens (tertiary/aromatic N) is 1. The van der Waals surface area contributed by atoms with E-state index in [9.17, 15) is 4.79 Å². The van der Waals surface area contributed by atoms with Crippen LogP contribution in [0.1, 0.15) is 5.56 Å². The molecule has 0 atom stereocenters. The fourth-order valence-electron chi connectivity index (χ4n) is 1.88. The topological polar surface area (TPSA) is 41.6 Å². The number of hydrogen-bond acceptors (Lipinski definition) is 3. The van der Waals surface area contributed by atoms with E-state index in [4.69, 9.17) is 16.3 Å². The van der Waals surface area contributed by atoms with E-state index in [1.165, 1.54) is 0 Å². The van der Waals surface area contributed by atoms with Gasteiger partial charge in [0.2, 0.25) is 5.91 Å². The Kier molecular flexibility index (Phi) is 5.07. The first kappa shape index (κ1) is 14.6. The number of benzene rings is 1. The first-order chi connectivity index (χ1) is 9.08. The molecule has 1 aliphatic heterocycles. The van der Waals surface area contributed by atoms with Crippen molar-refractivity contribution in [1.29, 1.82) is 0 Å². The average Bonchev–Trinajstić information content (AvgIpc) is 2.42. The molecule has 2 rings (SSSR count). The maximum atomic E-state index is 12.0. The van der Waals surface area contributed by atoms with Gasteiger partial charge in [-0.25, -0.2) is 0 Å². The van der Waals surface area contributed by atoms with Gasteiger partial charge in [0.25, 0.3) is 0 Å². The molecule has 0 aliphatic carbocycles. The fraction of sp³-hybridized carbons (Fsp3) is 0.462. The van der Waals surface area contributed by atoms with Gasteiger partial charge < -0.3 is 15.0 Å². The average molecular weight is 348 g/mol. The van der Waals surface area contributed by atoms with Gasteiger partial charge in [-0.2, -0.15) is 0 Å². The van der Waals surface area contributed by atoms with Crippen LogP contribution < -0.4 is 5.32 Å². The Labute approximate surface area is 126 Å². The minimum atomic E-state index is 0.0758. The summed E-state index contributed by atoms with van der Waals surface area (Å²) in [5, 5.41) is 3.80. The van der Waals surface area contributed by atoms with E-state index in [-0.39, 0.29) is 12.5 Å². The van der Waals surface area contributed by atoms with E-state index in [0.29, 0.717) is 31.3 Å². The smallest absolute Gasteiger partial charge is 0.242 e. The van der Waals surface area contributed by atoms with Crippen LogP contribution in [0.5, 0.6) is 0 Å². The Hall–Kier alpha value is -0.780. The number of ether oxygens (including phenoxy) is 1. The van der Waals surface area contributed by atoms with Crippen molar-refractivity contribution in [3.05, 3.63) is 27.2 Å². The Bertz CT molecular complexity index is 476. The Morgan fingerprint density at radius 3 is 2.84 bits per heavy atom. The molecule has 0 aromatic heterocycles. The number of rotatable bonds is 3. The lowest BCUT2D eigenvalue weighted by molar-refractivity contribution is -0.133. The molecule has 1 N–H and O–H groups in total. The molecule has 6 heteroatoms. The van der Waals surface area contributed by atoms with Crippen LogP contribution in [0, 0.1) is 6.92 Å². The quantitative estimate of drug-likeness (QED) is 0.914. The third-order valence-corrected chi connectivity index (χ3v) is 4.11. The van der Waals surface area contributed by atoms with Gasteiger partial charge in [-0.05, 0) is 40.5 Å². The molecule has 0 unspecified atom stereocenters. The molecule has 1 heterocycles. The molecule has 0 bridgehead atoms. The van der Waals surface area contributed by atoms with Crippen LogP contribution in [0.4, 0.5) is 5.69 Å². The second-order valence-electron chi connectivity index (χ2n) is 4.43. The van der Waals surface area contributed by atoms with E-state index in [2.05, 4.69) is 21.2 Å². The van der Waals surface area contributed by atoms with Crippen molar-refractivity contribution >= 4 is 39.1 Å². The molecule has 0 saturated carbocycles. The fourth-order valence-corrected chi connectivity index (χ4v) is 2.64. The maximum absolute atomic E-state index is 12.0. The third kappa shape index (κ3) is 3.84. The van der Waals surface area contributed by atoms with Crippen molar-refractivity contribution in [2.75, 3.05) is 38.2 Å². The Morgan fingerprint density at radius 2 is 2.16 bits per heavy atom. The van der Waals surface area contributed by atoms with Gasteiger partial charge in [-0.15, -0.1) is 0 Å². The molecule has 1 amide bonds. The van der Waals surface area contributed by atoms with Crippen LogP contribution >= 0.6 is 27.5 Å². The second-order valence-corrected chi connectivity index (χ2v) is 5.69. The number of halogens is 2. The standard InChI is InChI=1S/C13H16BrClN2O2/c1-9-6-10(14)12(7-11(9)15)16-8-13(18)17-2-4-19-5-3-17/h6-7,16H,2-5,8H2,1H3. The van der Waals surface area contributed by atoms with Gasteiger partial charge in [0.1, 0.15) is 0 Å². The zero-order valence-corrected chi connectivity index (χ0v) is 13.1. The van der Waals surface area contributed by atoms with Gasteiger partial charge in [-0.1, -0.05) is 11.6 Å². The number of anilines is 1. The summed E-state index contributed by atoms with van der Waals surface area (Å²) in [6.45, 7) is 4.76. The van der Waals surface area contributed by atoms with Crippen molar-refractivity contribution in [2.24, 2.45) is 0 Å². The summed E-state index contributed by atoms with van der Waals surface area (Å²) in [5.74, 6) is 0.0758. The van der Waals surface area contributed by atoms with Crippen LogP contribution in [-0.4, -0.2) is 43.7 Å². The largest absolute Gasteiger partial charge is 0.378 e. The highest BCUT2D eigenvalue weighted by atomic mass is 79.9. The first-order valence-corrected chi connectivity index (χ1v) is 7.30. The van der Waals surface area contributed by atoms with Crippen molar-refractivity contribution in [3.63, 3.8) is 0 Å². The lowest BCUT2D eigenvalue weighted by Gasteiger charge is -2.27. The number of nitrogens with one attached hydrogen (secondary N) is 1. The molecular weight excluding hydrogens is 332 g/mol. The lowest BCUT2D eigenvalue weighted by Crippen LogP contribution is -2.43. The van der Waals surface area contributed by atoms with E-state index in [1.807, 2.05) is 19.1 Å². The zero-order valence-electron chi connectivity index (χ0n) is 10.7. The number of carbonyl (C=O) groups excluding carboxylic acids is 1. The van der Waals surface area contributed by atoms with Crippen LogP contribution in [0.25, 0.3) is 0 Å². The molecule has 0 radical (unpaired) electrons. The van der Waals surface area contributed by atoms with Crippen molar-refractivity contribution in [2.45, 2.75) is 6.92 Å². The van der Waals surface area contributed by atoms with Crippen molar-refractivity contribution < 1.29 is 9.53 Å². The highest BCUT2D eigenvalue weighted by Crippen LogP contribution is 2.28. The summed E-state index contributed by atoms with van der Waals surface area (Å²) in [7, 11) is 0. The molecule has 1 aromatic rings. The number of morpholine rings is 1. The van der Waals surface area contributed by atoms with Gasteiger partial charge in [0.15, 0.2) is 0 Å². The molecule has 1 aliphatic rings. The Morgan fingerprint density at radius 1 is 1.47 bits per heavy atom. The predicted octanol–water partition coefficient (Wildman–Crippen LogP) is 2.68. The molecule has 1 aromatic carbocycles. The van der Waals surface area contributed by atoms with Crippen LogP contribution in [0.2, 0.25) is 5.02 Å². The number of amides is 1. The monoisotopic (exact) mass is 346 g/mol. The molecule has 104 valence electrons. The van der Waals surface area contributed by atoms with E-state index in [0.717, 1.165) is 15.7 Å². The second kappa shape index (κ2) is 6.59. The van der Waals surface area contributed by atoms with Crippen LogP contribution in [0.15, 0.2) is 16.6 Å². The van der Waals surface area contributed by atoms with Gasteiger partial charge in [0, 0.05) is 22.6 Å². The third-order valence-electron chi connectivity index (χ3n) is 3.04.